The Kier molecular flexibility index (Phi) is 7.17. The molecule has 0 spiro atoms. The molecule has 2 aromatic carbocycles. The molecule has 0 saturated heterocycles. The van der Waals surface area contributed by atoms with Gasteiger partial charge in [-0.15, -0.1) is 0 Å². The van der Waals surface area contributed by atoms with E-state index >= 15 is 0 Å². The largest absolute Gasteiger partial charge is 0.493 e. The highest BCUT2D eigenvalue weighted by Gasteiger charge is 2.33. The molecule has 196 valence electrons. The minimum atomic E-state index is -1.02. The van der Waals surface area contributed by atoms with Crippen molar-refractivity contribution in [2.75, 3.05) is 13.4 Å². The SMILES string of the molecule is C/C=C/C=C/C(=O)N1Cc2cc(OCCc3nc(-c4ccc5c(c4)OCO5)oc3C)ccc2C[C@H]1C(=O)O. The second kappa shape index (κ2) is 10.8. The average Bonchev–Trinajstić information content (AvgIpc) is 3.53. The fourth-order valence-electron chi connectivity index (χ4n) is 4.53. The molecule has 2 aliphatic rings. The third kappa shape index (κ3) is 5.27. The number of carbonyl (C=O) groups excluding carboxylic acids is 1. The number of carboxylic acid groups (broad SMARTS) is 1. The van der Waals surface area contributed by atoms with Gasteiger partial charge in [-0.3, -0.25) is 4.79 Å². The maximum Gasteiger partial charge on any atom is 0.326 e. The van der Waals surface area contributed by atoms with Gasteiger partial charge < -0.3 is 28.6 Å². The van der Waals surface area contributed by atoms with Crippen LogP contribution in [0.15, 0.2) is 65.1 Å². The van der Waals surface area contributed by atoms with Crippen molar-refractivity contribution in [2.45, 2.75) is 39.3 Å². The lowest BCUT2D eigenvalue weighted by atomic mass is 9.93. The van der Waals surface area contributed by atoms with Crippen LogP contribution in [-0.4, -0.2) is 46.3 Å². The lowest BCUT2D eigenvalue weighted by Gasteiger charge is -2.34. The molecule has 1 atom stereocenters. The van der Waals surface area contributed by atoms with Crippen molar-refractivity contribution in [1.82, 2.24) is 9.88 Å². The molecule has 0 unspecified atom stereocenters. The van der Waals surface area contributed by atoms with Gasteiger partial charge in [0, 0.05) is 31.0 Å². The number of amides is 1. The number of fused-ring (bicyclic) bond motifs is 2. The number of ether oxygens (including phenoxy) is 3. The molecule has 1 aromatic heterocycles. The standard InChI is InChI=1S/C29H28N2O7/c1-3-4-5-6-27(32)31-16-21-13-22(9-7-19(21)14-24(31)29(33)34)35-12-11-23-18(2)38-28(30-23)20-8-10-25-26(15-20)37-17-36-25/h3-10,13,15,24H,11-12,14,16-17H2,1-2H3,(H,33,34)/b4-3+,6-5+/t24-/m0/s1. The third-order valence-corrected chi connectivity index (χ3v) is 6.54. The number of aliphatic carboxylic acids is 1. The summed E-state index contributed by atoms with van der Waals surface area (Å²) in [7, 11) is 0. The van der Waals surface area contributed by atoms with Crippen LogP contribution in [0.4, 0.5) is 0 Å². The molecule has 1 amide bonds. The Morgan fingerprint density at radius 2 is 1.97 bits per heavy atom. The number of aryl methyl sites for hydroxylation is 1. The maximum atomic E-state index is 12.7. The summed E-state index contributed by atoms with van der Waals surface area (Å²) in [4.78, 5) is 30.5. The van der Waals surface area contributed by atoms with Crippen LogP contribution in [0.5, 0.6) is 17.2 Å². The third-order valence-electron chi connectivity index (χ3n) is 6.54. The summed E-state index contributed by atoms with van der Waals surface area (Å²) >= 11 is 0. The first kappa shape index (κ1) is 25.1. The number of oxazole rings is 1. The first-order chi connectivity index (χ1) is 18.4. The van der Waals surface area contributed by atoms with E-state index in [1.54, 1.807) is 18.2 Å². The Bertz CT molecular complexity index is 1420. The summed E-state index contributed by atoms with van der Waals surface area (Å²) in [6.07, 6.45) is 7.31. The van der Waals surface area contributed by atoms with E-state index in [1.165, 1.54) is 11.0 Å². The van der Waals surface area contributed by atoms with Crippen LogP contribution < -0.4 is 14.2 Å². The second-order valence-corrected chi connectivity index (χ2v) is 9.03. The van der Waals surface area contributed by atoms with Gasteiger partial charge in [-0.25, -0.2) is 9.78 Å². The molecule has 9 nitrogen and oxygen atoms in total. The number of carboxylic acids is 1. The van der Waals surface area contributed by atoms with E-state index in [1.807, 2.05) is 50.2 Å². The molecule has 38 heavy (non-hydrogen) atoms. The van der Waals surface area contributed by atoms with E-state index in [0.29, 0.717) is 41.9 Å². The number of allylic oxidation sites excluding steroid dienone is 3. The van der Waals surface area contributed by atoms with Crippen LogP contribution in [0, 0.1) is 6.92 Å². The minimum absolute atomic E-state index is 0.198. The Hall–Kier alpha value is -4.53. The summed E-state index contributed by atoms with van der Waals surface area (Å²) in [5.41, 5.74) is 3.37. The number of benzene rings is 2. The van der Waals surface area contributed by atoms with Crippen LogP contribution in [-0.2, 0) is 29.0 Å². The topological polar surface area (TPSA) is 111 Å². The zero-order valence-electron chi connectivity index (χ0n) is 21.2. The lowest BCUT2D eigenvalue weighted by molar-refractivity contribution is -0.149. The molecule has 0 bridgehead atoms. The van der Waals surface area contributed by atoms with E-state index in [-0.39, 0.29) is 25.7 Å². The molecular weight excluding hydrogens is 488 g/mol. The van der Waals surface area contributed by atoms with Crippen molar-refractivity contribution >= 4 is 11.9 Å². The first-order valence-corrected chi connectivity index (χ1v) is 12.4. The van der Waals surface area contributed by atoms with Crippen molar-refractivity contribution < 1.29 is 33.3 Å². The van der Waals surface area contributed by atoms with E-state index in [2.05, 4.69) is 4.98 Å². The molecule has 0 saturated carbocycles. The Balaban J connectivity index is 1.24. The van der Waals surface area contributed by atoms with Crippen molar-refractivity contribution in [1.29, 1.82) is 0 Å². The monoisotopic (exact) mass is 516 g/mol. The van der Waals surface area contributed by atoms with Gasteiger partial charge in [-0.05, 0) is 55.3 Å². The van der Waals surface area contributed by atoms with E-state index in [0.717, 1.165) is 22.4 Å². The molecule has 1 N–H and O–H groups in total. The van der Waals surface area contributed by atoms with Gasteiger partial charge in [-0.1, -0.05) is 24.3 Å². The Morgan fingerprint density at radius 1 is 1.13 bits per heavy atom. The number of hydrogen-bond acceptors (Lipinski definition) is 7. The number of rotatable bonds is 8. The van der Waals surface area contributed by atoms with Crippen molar-refractivity contribution in [3.63, 3.8) is 0 Å². The number of hydrogen-bond donors (Lipinski definition) is 1. The molecule has 0 radical (unpaired) electrons. The zero-order valence-corrected chi connectivity index (χ0v) is 21.2. The summed E-state index contributed by atoms with van der Waals surface area (Å²) in [5.74, 6) is 1.87. The number of carbonyl (C=O) groups is 2. The molecule has 3 aromatic rings. The fourth-order valence-corrected chi connectivity index (χ4v) is 4.53. The molecule has 2 aliphatic heterocycles. The Labute approximate surface area is 219 Å². The molecule has 9 heteroatoms. The summed E-state index contributed by atoms with van der Waals surface area (Å²) in [6.45, 7) is 4.49. The van der Waals surface area contributed by atoms with Crippen LogP contribution in [0.3, 0.4) is 0 Å². The summed E-state index contributed by atoms with van der Waals surface area (Å²) in [5, 5.41) is 9.69. The van der Waals surface area contributed by atoms with Crippen molar-refractivity contribution in [3.8, 4) is 28.7 Å². The van der Waals surface area contributed by atoms with Crippen LogP contribution >= 0.6 is 0 Å². The zero-order chi connectivity index (χ0) is 26.6. The molecule has 0 fully saturated rings. The van der Waals surface area contributed by atoms with Gasteiger partial charge in [-0.2, -0.15) is 0 Å². The quantitative estimate of drug-likeness (QED) is 0.345. The van der Waals surface area contributed by atoms with Gasteiger partial charge in [0.25, 0.3) is 0 Å². The highest BCUT2D eigenvalue weighted by atomic mass is 16.7. The number of aromatic nitrogens is 1. The Morgan fingerprint density at radius 3 is 2.79 bits per heavy atom. The highest BCUT2D eigenvalue weighted by molar-refractivity contribution is 5.92. The molecular formula is C29H28N2O7. The normalized spacial score (nSPS) is 16.3. The minimum Gasteiger partial charge on any atom is -0.493 e. The first-order valence-electron chi connectivity index (χ1n) is 12.4. The van der Waals surface area contributed by atoms with Crippen LogP contribution in [0.25, 0.3) is 11.5 Å². The van der Waals surface area contributed by atoms with Gasteiger partial charge in [0.1, 0.15) is 17.6 Å². The predicted molar refractivity (Wildman–Crippen MR) is 138 cm³/mol. The predicted octanol–water partition coefficient (Wildman–Crippen LogP) is 4.47. The van der Waals surface area contributed by atoms with Crippen molar-refractivity contribution in [3.05, 3.63) is 83.3 Å². The number of nitrogens with zero attached hydrogens (tertiary/aromatic N) is 2. The molecule has 0 aliphatic carbocycles. The molecule has 3 heterocycles. The fraction of sp³-hybridized carbons (Fsp3) is 0.276. The highest BCUT2D eigenvalue weighted by Crippen LogP contribution is 2.36. The average molecular weight is 517 g/mol. The van der Waals surface area contributed by atoms with E-state index in [9.17, 15) is 14.7 Å². The summed E-state index contributed by atoms with van der Waals surface area (Å²) < 4.78 is 22.7. The van der Waals surface area contributed by atoms with E-state index < -0.39 is 12.0 Å². The summed E-state index contributed by atoms with van der Waals surface area (Å²) in [6, 6.07) is 10.2. The van der Waals surface area contributed by atoms with Crippen LogP contribution in [0.2, 0.25) is 0 Å². The maximum absolute atomic E-state index is 12.7. The van der Waals surface area contributed by atoms with Gasteiger partial charge in [0.05, 0.1) is 12.3 Å². The smallest absolute Gasteiger partial charge is 0.326 e. The van der Waals surface area contributed by atoms with Gasteiger partial charge in [0.15, 0.2) is 11.5 Å². The van der Waals surface area contributed by atoms with Gasteiger partial charge >= 0.3 is 5.97 Å². The van der Waals surface area contributed by atoms with Gasteiger partial charge in [0.2, 0.25) is 18.6 Å². The molecule has 5 rings (SSSR count). The lowest BCUT2D eigenvalue weighted by Crippen LogP contribution is -2.48. The van der Waals surface area contributed by atoms with Crippen LogP contribution in [0.1, 0.15) is 29.5 Å². The second-order valence-electron chi connectivity index (χ2n) is 9.03. The van der Waals surface area contributed by atoms with Crippen molar-refractivity contribution in [2.24, 2.45) is 0 Å². The van der Waals surface area contributed by atoms with E-state index in [4.69, 9.17) is 18.6 Å².